The molecule has 1 saturated carbocycles. The number of nitrogens with zero attached hydrogens (tertiary/aromatic N) is 1. The van der Waals surface area contributed by atoms with Crippen LogP contribution in [-0.4, -0.2) is 60.6 Å². The number of aliphatic hydroxyl groups excluding tert-OH is 1. The predicted octanol–water partition coefficient (Wildman–Crippen LogP) is 4.05. The lowest BCUT2D eigenvalue weighted by Gasteiger charge is -2.27. The third kappa shape index (κ3) is 9.84. The maximum Gasteiger partial charge on any atom is 0.264 e. The molecule has 2 aromatic rings. The van der Waals surface area contributed by atoms with E-state index in [0.29, 0.717) is 43.0 Å². The van der Waals surface area contributed by atoms with Crippen molar-refractivity contribution in [2.24, 2.45) is 5.92 Å². The van der Waals surface area contributed by atoms with Crippen LogP contribution in [0, 0.1) is 5.92 Å². The highest BCUT2D eigenvalue weighted by atomic mass is 32.2. The highest BCUT2D eigenvalue weighted by Crippen LogP contribution is 2.29. The van der Waals surface area contributed by atoms with Gasteiger partial charge in [0, 0.05) is 43.3 Å². The molecule has 42 heavy (non-hydrogen) atoms. The topological polar surface area (TPSA) is 133 Å². The molecule has 0 bridgehead atoms. The van der Waals surface area contributed by atoms with Crippen molar-refractivity contribution in [1.29, 1.82) is 0 Å². The zero-order chi connectivity index (χ0) is 30.7. The van der Waals surface area contributed by atoms with Crippen LogP contribution in [0.3, 0.4) is 0 Å². The zero-order valence-corrected chi connectivity index (χ0v) is 26.1. The summed E-state index contributed by atoms with van der Waals surface area (Å²) in [6.45, 7) is 4.25. The summed E-state index contributed by atoms with van der Waals surface area (Å²) in [6.07, 6.45) is 5.82. The van der Waals surface area contributed by atoms with Crippen LogP contribution in [0.4, 0.5) is 0 Å². The number of carbonyl (C=O) groups excluding carboxylic acids is 3. The van der Waals surface area contributed by atoms with Gasteiger partial charge in [-0.05, 0) is 49.3 Å². The van der Waals surface area contributed by atoms with E-state index in [-0.39, 0.29) is 34.9 Å². The summed E-state index contributed by atoms with van der Waals surface area (Å²) in [4.78, 5) is 38.9. The van der Waals surface area contributed by atoms with Crippen LogP contribution < -0.4 is 10.0 Å². The first-order valence-corrected chi connectivity index (χ1v) is 16.7. The molecule has 9 nitrogen and oxygen atoms in total. The van der Waals surface area contributed by atoms with Crippen molar-refractivity contribution in [3.05, 3.63) is 54.1 Å². The number of thiol groups is 1. The molecule has 3 rings (SSSR count). The molecule has 3 N–H and O–H groups in total. The maximum absolute atomic E-state index is 12.9. The number of hydrogen-bond acceptors (Lipinski definition) is 7. The standard InChI is InChI=1S/C31H43N3O6S2/c1-3-9-30(37)34(19-18-29(36)32-20-27(41)25-10-5-4-6-11-25)21-23-14-16-24(17-15-23)26-12-7-8-13-28(26)42(39,40)33-31(38)22(2)35/h7-8,12-17,22,25,27,35,41H,3-6,9-11,18-21H2,1-2H3,(H,32,36)(H,33,38)/t22-,27+/m0/s1. The largest absolute Gasteiger partial charge is 0.384 e. The first kappa shape index (κ1) is 33.6. The Hall–Kier alpha value is -2.89. The van der Waals surface area contributed by atoms with E-state index in [4.69, 9.17) is 12.6 Å². The number of amides is 3. The van der Waals surface area contributed by atoms with E-state index in [1.54, 1.807) is 35.2 Å². The quantitative estimate of drug-likeness (QED) is 0.237. The molecular weight excluding hydrogens is 574 g/mol. The fourth-order valence-corrected chi connectivity index (χ4v) is 6.78. The molecule has 1 fully saturated rings. The molecule has 11 heteroatoms. The molecule has 1 aliphatic carbocycles. The molecule has 0 aromatic heterocycles. The second-order valence-electron chi connectivity index (χ2n) is 10.9. The lowest BCUT2D eigenvalue weighted by molar-refractivity contribution is -0.132. The van der Waals surface area contributed by atoms with Gasteiger partial charge in [-0.3, -0.25) is 14.4 Å². The second-order valence-corrected chi connectivity index (χ2v) is 13.2. The molecule has 0 unspecified atom stereocenters. The molecule has 2 aromatic carbocycles. The zero-order valence-electron chi connectivity index (χ0n) is 24.4. The van der Waals surface area contributed by atoms with Gasteiger partial charge in [-0.2, -0.15) is 12.6 Å². The minimum absolute atomic E-state index is 0.0334. The average Bonchev–Trinajstić information content (AvgIpc) is 2.98. The summed E-state index contributed by atoms with van der Waals surface area (Å²) in [5, 5.41) is 12.6. The second kappa shape index (κ2) is 16.1. The van der Waals surface area contributed by atoms with Gasteiger partial charge in [0.25, 0.3) is 15.9 Å². The Balaban J connectivity index is 1.65. The maximum atomic E-state index is 12.9. The number of nitrogens with one attached hydrogen (secondary N) is 2. The predicted molar refractivity (Wildman–Crippen MR) is 166 cm³/mol. The van der Waals surface area contributed by atoms with E-state index in [9.17, 15) is 27.9 Å². The van der Waals surface area contributed by atoms with Crippen molar-refractivity contribution in [1.82, 2.24) is 14.9 Å². The number of carbonyl (C=O) groups is 3. The summed E-state index contributed by atoms with van der Waals surface area (Å²) in [5.74, 6) is -0.618. The fourth-order valence-electron chi connectivity index (χ4n) is 5.12. The lowest BCUT2D eigenvalue weighted by Crippen LogP contribution is -2.37. The van der Waals surface area contributed by atoms with Crippen molar-refractivity contribution in [2.75, 3.05) is 13.1 Å². The Morgan fingerprint density at radius 1 is 1.02 bits per heavy atom. The van der Waals surface area contributed by atoms with Gasteiger partial charge >= 0.3 is 0 Å². The van der Waals surface area contributed by atoms with E-state index in [1.165, 1.54) is 32.3 Å². The van der Waals surface area contributed by atoms with E-state index < -0.39 is 22.0 Å². The SMILES string of the molecule is CCCC(=O)N(CCC(=O)NC[C@@H](S)C1CCCCC1)Cc1ccc(-c2ccccc2S(=O)(=O)NC(=O)[C@H](C)O)cc1. The Labute approximate surface area is 254 Å². The van der Waals surface area contributed by atoms with Gasteiger partial charge in [0.15, 0.2) is 0 Å². The smallest absolute Gasteiger partial charge is 0.264 e. The first-order chi connectivity index (χ1) is 20.0. The molecular formula is C31H43N3O6S2. The number of aliphatic hydroxyl groups is 1. The Morgan fingerprint density at radius 2 is 1.69 bits per heavy atom. The van der Waals surface area contributed by atoms with Crippen molar-refractivity contribution in [3.8, 4) is 11.1 Å². The summed E-state index contributed by atoms with van der Waals surface area (Å²) in [5.41, 5.74) is 1.83. The molecule has 2 atom stereocenters. The van der Waals surface area contributed by atoms with Crippen LogP contribution in [0.25, 0.3) is 11.1 Å². The van der Waals surface area contributed by atoms with Gasteiger partial charge in [0.05, 0.1) is 4.90 Å². The number of rotatable bonds is 14. The minimum atomic E-state index is -4.22. The van der Waals surface area contributed by atoms with E-state index in [2.05, 4.69) is 5.32 Å². The Morgan fingerprint density at radius 3 is 2.33 bits per heavy atom. The van der Waals surface area contributed by atoms with Crippen LogP contribution in [0.15, 0.2) is 53.4 Å². The third-order valence-electron chi connectivity index (χ3n) is 7.56. The molecule has 0 radical (unpaired) electrons. The van der Waals surface area contributed by atoms with Crippen LogP contribution in [0.5, 0.6) is 0 Å². The van der Waals surface area contributed by atoms with Crippen LogP contribution in [-0.2, 0) is 31.0 Å². The van der Waals surface area contributed by atoms with Crippen molar-refractivity contribution < 1.29 is 27.9 Å². The van der Waals surface area contributed by atoms with E-state index in [0.717, 1.165) is 18.4 Å². The Kier molecular flexibility index (Phi) is 12.9. The van der Waals surface area contributed by atoms with Gasteiger partial charge in [0.2, 0.25) is 11.8 Å². The summed E-state index contributed by atoms with van der Waals surface area (Å²) >= 11 is 4.72. The minimum Gasteiger partial charge on any atom is -0.384 e. The Bertz CT molecular complexity index is 1310. The number of sulfonamides is 1. The van der Waals surface area contributed by atoms with Gasteiger partial charge in [-0.25, -0.2) is 13.1 Å². The van der Waals surface area contributed by atoms with Crippen LogP contribution in [0.2, 0.25) is 0 Å². The fraction of sp³-hybridized carbons (Fsp3) is 0.516. The highest BCUT2D eigenvalue weighted by molar-refractivity contribution is 7.90. The first-order valence-electron chi connectivity index (χ1n) is 14.7. The van der Waals surface area contributed by atoms with Gasteiger partial charge in [-0.1, -0.05) is 68.7 Å². The molecule has 230 valence electrons. The third-order valence-corrected chi connectivity index (χ3v) is 9.57. The highest BCUT2D eigenvalue weighted by Gasteiger charge is 2.24. The van der Waals surface area contributed by atoms with Crippen molar-refractivity contribution in [3.63, 3.8) is 0 Å². The monoisotopic (exact) mass is 617 g/mol. The summed E-state index contributed by atoms with van der Waals surface area (Å²) in [7, 11) is -4.22. The van der Waals surface area contributed by atoms with Crippen molar-refractivity contribution in [2.45, 2.75) is 88.0 Å². The van der Waals surface area contributed by atoms with Crippen molar-refractivity contribution >= 4 is 40.4 Å². The summed E-state index contributed by atoms with van der Waals surface area (Å²) in [6, 6.07) is 13.4. The molecule has 1 aliphatic rings. The number of hydrogen-bond donors (Lipinski definition) is 4. The summed E-state index contributed by atoms with van der Waals surface area (Å²) < 4.78 is 27.6. The average molecular weight is 618 g/mol. The van der Waals surface area contributed by atoms with Crippen LogP contribution in [0.1, 0.15) is 70.8 Å². The van der Waals surface area contributed by atoms with E-state index in [1.807, 2.05) is 23.8 Å². The number of benzene rings is 2. The lowest BCUT2D eigenvalue weighted by atomic mass is 9.86. The molecule has 3 amide bonds. The van der Waals surface area contributed by atoms with Gasteiger partial charge < -0.3 is 15.3 Å². The van der Waals surface area contributed by atoms with Gasteiger partial charge in [-0.15, -0.1) is 0 Å². The molecule has 0 spiro atoms. The van der Waals surface area contributed by atoms with E-state index >= 15 is 0 Å². The normalized spacial score (nSPS) is 15.4. The molecule has 0 aliphatic heterocycles. The molecule has 0 heterocycles. The molecule has 0 saturated heterocycles. The van der Waals surface area contributed by atoms with Crippen LogP contribution >= 0.6 is 12.6 Å². The van der Waals surface area contributed by atoms with Gasteiger partial charge in [0.1, 0.15) is 6.10 Å².